The molecule has 0 radical (unpaired) electrons. The van der Waals surface area contributed by atoms with E-state index in [0.29, 0.717) is 5.56 Å². The molecular formula is C12H9N5O3. The van der Waals surface area contributed by atoms with E-state index in [-0.39, 0.29) is 23.0 Å². The maximum absolute atomic E-state index is 12.0. The Bertz CT molecular complexity index is 723. The predicted octanol–water partition coefficient (Wildman–Crippen LogP) is 0.283. The Hall–Kier alpha value is -3.03. The molecule has 100 valence electrons. The predicted molar refractivity (Wildman–Crippen MR) is 67.2 cm³/mol. The quantitative estimate of drug-likeness (QED) is 0.763. The first-order valence-electron chi connectivity index (χ1n) is 5.71. The van der Waals surface area contributed by atoms with Crippen LogP contribution in [0.1, 0.15) is 31.1 Å². The summed E-state index contributed by atoms with van der Waals surface area (Å²) in [5.74, 6) is -1.03. The fourth-order valence-electron chi connectivity index (χ4n) is 1.95. The number of imide groups is 1. The molecule has 1 aromatic heterocycles. The van der Waals surface area contributed by atoms with Crippen LogP contribution in [0.2, 0.25) is 0 Å². The molecule has 1 aliphatic rings. The van der Waals surface area contributed by atoms with E-state index in [2.05, 4.69) is 20.5 Å². The van der Waals surface area contributed by atoms with Crippen LogP contribution in [-0.4, -0.2) is 44.9 Å². The highest BCUT2D eigenvalue weighted by atomic mass is 16.2. The number of rotatable bonds is 2. The Kier molecular flexibility index (Phi) is 2.56. The van der Waals surface area contributed by atoms with Crippen molar-refractivity contribution in [1.82, 2.24) is 20.1 Å². The second-order valence-corrected chi connectivity index (χ2v) is 4.22. The smallest absolute Gasteiger partial charge is 0.261 e. The summed E-state index contributed by atoms with van der Waals surface area (Å²) in [7, 11) is 1.40. The number of fused-ring (bicyclic) bond motifs is 1. The van der Waals surface area contributed by atoms with Gasteiger partial charge in [0.1, 0.15) is 6.33 Å². The molecule has 0 saturated carbocycles. The average Bonchev–Trinajstić information content (AvgIpc) is 3.03. The molecule has 0 atom stereocenters. The van der Waals surface area contributed by atoms with Gasteiger partial charge in [0.2, 0.25) is 5.95 Å². The number of hydrogen-bond donors (Lipinski definition) is 2. The number of aromatic nitrogens is 3. The van der Waals surface area contributed by atoms with Crippen molar-refractivity contribution in [2.45, 2.75) is 0 Å². The molecule has 0 saturated heterocycles. The maximum Gasteiger partial charge on any atom is 0.261 e. The number of hydrogen-bond acceptors (Lipinski definition) is 5. The van der Waals surface area contributed by atoms with Crippen molar-refractivity contribution in [2.24, 2.45) is 0 Å². The third-order valence-electron chi connectivity index (χ3n) is 3.00. The Labute approximate surface area is 112 Å². The van der Waals surface area contributed by atoms with Gasteiger partial charge in [0.25, 0.3) is 17.7 Å². The van der Waals surface area contributed by atoms with Gasteiger partial charge in [-0.25, -0.2) is 5.10 Å². The van der Waals surface area contributed by atoms with Crippen LogP contribution in [0.15, 0.2) is 24.5 Å². The van der Waals surface area contributed by atoms with Crippen molar-refractivity contribution in [3.8, 4) is 0 Å². The second kappa shape index (κ2) is 4.26. The van der Waals surface area contributed by atoms with E-state index in [9.17, 15) is 14.4 Å². The van der Waals surface area contributed by atoms with Crippen LogP contribution in [0.25, 0.3) is 0 Å². The normalized spacial score (nSPS) is 13.6. The summed E-state index contributed by atoms with van der Waals surface area (Å²) in [5.41, 5.74) is 0.785. The lowest BCUT2D eigenvalue weighted by Crippen LogP contribution is -2.24. The average molecular weight is 271 g/mol. The number of carbonyl (C=O) groups is 3. The molecule has 3 rings (SSSR count). The molecule has 0 spiro atoms. The molecule has 8 nitrogen and oxygen atoms in total. The van der Waals surface area contributed by atoms with Crippen LogP contribution in [0.5, 0.6) is 0 Å². The molecular weight excluding hydrogens is 262 g/mol. The van der Waals surface area contributed by atoms with E-state index in [1.54, 1.807) is 0 Å². The molecule has 2 heterocycles. The largest absolute Gasteiger partial charge is 0.291 e. The summed E-state index contributed by atoms with van der Waals surface area (Å²) in [5, 5.41) is 8.58. The van der Waals surface area contributed by atoms with Crippen LogP contribution >= 0.6 is 0 Å². The van der Waals surface area contributed by atoms with E-state index in [1.165, 1.54) is 31.6 Å². The molecule has 1 aliphatic heterocycles. The van der Waals surface area contributed by atoms with E-state index in [0.717, 1.165) is 4.90 Å². The number of carbonyl (C=O) groups excluding carboxylic acids is 3. The van der Waals surface area contributed by atoms with Crippen LogP contribution in [0, 0.1) is 0 Å². The highest BCUT2D eigenvalue weighted by Crippen LogP contribution is 2.22. The lowest BCUT2D eigenvalue weighted by atomic mass is 10.1. The standard InChI is InChI=1S/C12H9N5O3/c1-17-10(19)7-3-2-6(4-8(7)11(17)20)9(18)15-12-13-5-14-16-12/h2-5H,1H3,(H2,13,14,15,16,18). The second-order valence-electron chi connectivity index (χ2n) is 4.22. The monoisotopic (exact) mass is 271 g/mol. The molecule has 8 heteroatoms. The summed E-state index contributed by atoms with van der Waals surface area (Å²) < 4.78 is 0. The summed E-state index contributed by atoms with van der Waals surface area (Å²) in [4.78, 5) is 40.3. The van der Waals surface area contributed by atoms with Crippen molar-refractivity contribution in [3.05, 3.63) is 41.2 Å². The van der Waals surface area contributed by atoms with Crippen LogP contribution in [0.3, 0.4) is 0 Å². The minimum Gasteiger partial charge on any atom is -0.291 e. The fourth-order valence-corrected chi connectivity index (χ4v) is 1.95. The summed E-state index contributed by atoms with van der Waals surface area (Å²) >= 11 is 0. The topological polar surface area (TPSA) is 108 Å². The van der Waals surface area contributed by atoms with Gasteiger partial charge in [-0.2, -0.15) is 10.1 Å². The zero-order valence-corrected chi connectivity index (χ0v) is 10.4. The Morgan fingerprint density at radius 1 is 1.25 bits per heavy atom. The third kappa shape index (κ3) is 1.74. The van der Waals surface area contributed by atoms with Crippen molar-refractivity contribution in [2.75, 3.05) is 12.4 Å². The number of nitrogens with one attached hydrogen (secondary N) is 2. The van der Waals surface area contributed by atoms with Crippen LogP contribution in [-0.2, 0) is 0 Å². The number of aromatic amines is 1. The minimum absolute atomic E-state index is 0.204. The van der Waals surface area contributed by atoms with Crippen LogP contribution in [0.4, 0.5) is 5.95 Å². The Morgan fingerprint density at radius 2 is 2.00 bits per heavy atom. The van der Waals surface area contributed by atoms with Gasteiger partial charge >= 0.3 is 0 Å². The number of anilines is 1. The molecule has 0 fully saturated rings. The lowest BCUT2D eigenvalue weighted by molar-refractivity contribution is 0.0693. The van der Waals surface area contributed by atoms with Gasteiger partial charge in [-0.05, 0) is 18.2 Å². The highest BCUT2D eigenvalue weighted by molar-refractivity contribution is 6.22. The van der Waals surface area contributed by atoms with Gasteiger partial charge in [0, 0.05) is 12.6 Å². The zero-order chi connectivity index (χ0) is 14.3. The zero-order valence-electron chi connectivity index (χ0n) is 10.4. The van der Waals surface area contributed by atoms with Crippen molar-refractivity contribution in [3.63, 3.8) is 0 Å². The fraction of sp³-hybridized carbons (Fsp3) is 0.0833. The highest BCUT2D eigenvalue weighted by Gasteiger charge is 2.33. The van der Waals surface area contributed by atoms with Crippen molar-refractivity contribution >= 4 is 23.7 Å². The molecule has 0 aliphatic carbocycles. The minimum atomic E-state index is -0.445. The van der Waals surface area contributed by atoms with Crippen molar-refractivity contribution in [1.29, 1.82) is 0 Å². The third-order valence-corrected chi connectivity index (χ3v) is 3.00. The summed E-state index contributed by atoms with van der Waals surface area (Å²) in [6.07, 6.45) is 1.26. The molecule has 0 bridgehead atoms. The van der Waals surface area contributed by atoms with Crippen LogP contribution < -0.4 is 5.32 Å². The van der Waals surface area contributed by atoms with Gasteiger partial charge in [-0.15, -0.1) is 0 Å². The number of nitrogens with zero attached hydrogens (tertiary/aromatic N) is 3. The van der Waals surface area contributed by atoms with Gasteiger partial charge in [0.05, 0.1) is 11.1 Å². The summed E-state index contributed by atoms with van der Waals surface area (Å²) in [6, 6.07) is 4.34. The number of benzene rings is 1. The molecule has 20 heavy (non-hydrogen) atoms. The number of H-pyrrole nitrogens is 1. The molecule has 1 aromatic carbocycles. The number of amides is 3. The first-order chi connectivity index (χ1) is 9.58. The first kappa shape index (κ1) is 12.0. The van der Waals surface area contributed by atoms with Gasteiger partial charge in [-0.3, -0.25) is 24.6 Å². The lowest BCUT2D eigenvalue weighted by Gasteiger charge is -2.03. The first-order valence-corrected chi connectivity index (χ1v) is 5.71. The molecule has 0 unspecified atom stereocenters. The van der Waals surface area contributed by atoms with E-state index < -0.39 is 11.8 Å². The van der Waals surface area contributed by atoms with Gasteiger partial charge in [0.15, 0.2) is 0 Å². The van der Waals surface area contributed by atoms with E-state index >= 15 is 0 Å². The Balaban J connectivity index is 1.92. The summed E-state index contributed by atoms with van der Waals surface area (Å²) in [6.45, 7) is 0. The Morgan fingerprint density at radius 3 is 2.70 bits per heavy atom. The van der Waals surface area contributed by atoms with E-state index in [1.807, 2.05) is 0 Å². The van der Waals surface area contributed by atoms with Gasteiger partial charge < -0.3 is 0 Å². The maximum atomic E-state index is 12.0. The molecule has 2 aromatic rings. The molecule has 2 N–H and O–H groups in total. The van der Waals surface area contributed by atoms with Crippen molar-refractivity contribution < 1.29 is 14.4 Å². The van der Waals surface area contributed by atoms with E-state index in [4.69, 9.17) is 0 Å². The van der Waals surface area contributed by atoms with Gasteiger partial charge in [-0.1, -0.05) is 0 Å². The molecule has 3 amide bonds. The SMILES string of the molecule is CN1C(=O)c2ccc(C(=O)Nc3ncn[nH]3)cc2C1=O.